The van der Waals surface area contributed by atoms with Crippen LogP contribution in [0, 0.1) is 21.8 Å². The lowest BCUT2D eigenvalue weighted by Gasteiger charge is -2.19. The van der Waals surface area contributed by atoms with Crippen LogP contribution in [0.2, 0.25) is 5.02 Å². The number of carbonyl (C=O) groups excluding carboxylic acids is 2. The maximum atomic E-state index is 12.7. The van der Waals surface area contributed by atoms with Crippen molar-refractivity contribution >= 4 is 52.2 Å². The number of methoxy groups -OCH3 is 1. The highest BCUT2D eigenvalue weighted by molar-refractivity contribution is 14.1. The summed E-state index contributed by atoms with van der Waals surface area (Å²) >= 11 is 7.98. The highest BCUT2D eigenvalue weighted by Crippen LogP contribution is 2.33. The summed E-state index contributed by atoms with van der Waals surface area (Å²) in [5.41, 5.74) is 3.61. The third kappa shape index (κ3) is 8.26. The van der Waals surface area contributed by atoms with Gasteiger partial charge >= 0.3 is 0 Å². The van der Waals surface area contributed by atoms with E-state index in [-0.39, 0.29) is 18.4 Å². The van der Waals surface area contributed by atoms with Crippen molar-refractivity contribution < 1.29 is 19.1 Å². The van der Waals surface area contributed by atoms with Crippen molar-refractivity contribution in [2.75, 3.05) is 13.7 Å². The van der Waals surface area contributed by atoms with Gasteiger partial charge in [0.25, 0.3) is 11.8 Å². The minimum Gasteiger partial charge on any atom is -0.493 e. The van der Waals surface area contributed by atoms with Crippen molar-refractivity contribution in [3.05, 3.63) is 56.1 Å². The average molecular weight is 582 g/mol. The van der Waals surface area contributed by atoms with Gasteiger partial charge in [0.15, 0.2) is 11.5 Å². The van der Waals surface area contributed by atoms with Crippen molar-refractivity contribution in [2.24, 2.45) is 11.0 Å². The van der Waals surface area contributed by atoms with Crippen LogP contribution >= 0.6 is 34.2 Å². The van der Waals surface area contributed by atoms with E-state index in [1.165, 1.54) is 13.3 Å². The molecule has 0 aliphatic rings. The Balaban J connectivity index is 2.10. The number of ether oxygens (including phenoxy) is 2. The summed E-state index contributed by atoms with van der Waals surface area (Å²) in [6.45, 7) is 4.06. The summed E-state index contributed by atoms with van der Waals surface area (Å²) < 4.78 is 11.7. The van der Waals surface area contributed by atoms with Crippen LogP contribution in [-0.2, 0) is 4.79 Å². The van der Waals surface area contributed by atoms with Gasteiger partial charge in [-0.05, 0) is 76.9 Å². The number of hydrazone groups is 1. The number of amides is 2. The van der Waals surface area contributed by atoms with Crippen molar-refractivity contribution in [3.8, 4) is 23.8 Å². The van der Waals surface area contributed by atoms with Crippen molar-refractivity contribution in [3.63, 3.8) is 0 Å². The number of hydrogen-bond acceptors (Lipinski definition) is 5. The number of halogens is 2. The van der Waals surface area contributed by atoms with E-state index in [2.05, 4.69) is 44.4 Å². The Morgan fingerprint density at radius 3 is 2.58 bits per heavy atom. The Morgan fingerprint density at radius 1 is 1.27 bits per heavy atom. The minimum absolute atomic E-state index is 0.120. The normalized spacial score (nSPS) is 11.7. The number of benzene rings is 2. The molecule has 0 saturated heterocycles. The summed E-state index contributed by atoms with van der Waals surface area (Å²) in [4.78, 5) is 25.3. The van der Waals surface area contributed by atoms with E-state index in [9.17, 15) is 9.59 Å². The van der Waals surface area contributed by atoms with Gasteiger partial charge < -0.3 is 14.8 Å². The third-order valence-electron chi connectivity index (χ3n) is 4.38. The zero-order valence-electron chi connectivity index (χ0n) is 18.5. The van der Waals surface area contributed by atoms with Crippen molar-refractivity contribution in [1.82, 2.24) is 10.7 Å². The maximum absolute atomic E-state index is 12.7. The monoisotopic (exact) mass is 581 g/mol. The Hall–Kier alpha value is -2.77. The second-order valence-electron chi connectivity index (χ2n) is 7.42. The molecule has 0 saturated carbocycles. The Morgan fingerprint density at radius 2 is 1.97 bits per heavy atom. The van der Waals surface area contributed by atoms with Gasteiger partial charge in [0.1, 0.15) is 12.6 Å². The molecule has 2 amide bonds. The highest BCUT2D eigenvalue weighted by Gasteiger charge is 2.22. The summed E-state index contributed by atoms with van der Waals surface area (Å²) in [7, 11) is 1.52. The van der Waals surface area contributed by atoms with Crippen LogP contribution in [0.3, 0.4) is 0 Å². The molecule has 7 nitrogen and oxygen atoms in total. The molecule has 2 aromatic rings. The maximum Gasteiger partial charge on any atom is 0.262 e. The minimum atomic E-state index is -0.750. The predicted octanol–water partition coefficient (Wildman–Crippen LogP) is 4.26. The van der Waals surface area contributed by atoms with Crippen LogP contribution < -0.4 is 20.2 Å². The quantitative estimate of drug-likeness (QED) is 0.190. The molecule has 0 fully saturated rings. The predicted molar refractivity (Wildman–Crippen MR) is 138 cm³/mol. The van der Waals surface area contributed by atoms with Crippen molar-refractivity contribution in [1.29, 1.82) is 0 Å². The van der Waals surface area contributed by atoms with E-state index in [1.807, 2.05) is 19.9 Å². The summed E-state index contributed by atoms with van der Waals surface area (Å²) in [5, 5.41) is 7.34. The summed E-state index contributed by atoms with van der Waals surface area (Å²) in [6.07, 6.45) is 7.19. The number of nitrogens with zero attached hydrogens (tertiary/aromatic N) is 1. The van der Waals surface area contributed by atoms with Crippen molar-refractivity contribution in [2.45, 2.75) is 26.3 Å². The fourth-order valence-electron chi connectivity index (χ4n) is 2.86. The summed E-state index contributed by atoms with van der Waals surface area (Å²) in [5.74, 6) is 2.85. The van der Waals surface area contributed by atoms with E-state index < -0.39 is 11.9 Å². The molecule has 2 N–H and O–H groups in total. The standard InChI is InChI=1S/C24H25ClIN3O4/c1-5-10-33-22-19(26)12-16(13-21(22)32-4)14-27-29-24(31)20(11-15(2)3)28-23(30)17-6-8-18(25)9-7-17/h1,6-9,12-15,20H,10-11H2,2-4H3,(H,28,30)(H,29,31). The van der Waals surface area contributed by atoms with Crippen LogP contribution in [0.25, 0.3) is 0 Å². The summed E-state index contributed by atoms with van der Waals surface area (Å²) in [6, 6.07) is 9.24. The van der Waals surface area contributed by atoms with Gasteiger partial charge in [-0.15, -0.1) is 6.42 Å². The zero-order valence-corrected chi connectivity index (χ0v) is 21.4. The molecule has 174 valence electrons. The molecule has 1 unspecified atom stereocenters. The topological polar surface area (TPSA) is 89.0 Å². The van der Waals surface area contributed by atoms with E-state index >= 15 is 0 Å². The van der Waals surface area contributed by atoms with Gasteiger partial charge in [-0.3, -0.25) is 9.59 Å². The van der Waals surface area contributed by atoms with Gasteiger partial charge in [0.05, 0.1) is 16.9 Å². The second-order valence-corrected chi connectivity index (χ2v) is 9.02. The SMILES string of the molecule is C#CCOc1c(I)cc(C=NNC(=O)C(CC(C)C)NC(=O)c2ccc(Cl)cc2)cc1OC. The average Bonchev–Trinajstić information content (AvgIpc) is 2.77. The fourth-order valence-corrected chi connectivity index (χ4v) is 3.77. The number of carbonyl (C=O) groups is 2. The number of nitrogens with one attached hydrogen (secondary N) is 2. The first-order chi connectivity index (χ1) is 15.7. The Labute approximate surface area is 212 Å². The van der Waals surface area contributed by atoms with Crippen LogP contribution in [0.15, 0.2) is 41.5 Å². The first kappa shape index (κ1) is 26.5. The second kappa shape index (κ2) is 13.1. The van der Waals surface area contributed by atoms with E-state index in [0.717, 1.165) is 3.57 Å². The van der Waals surface area contributed by atoms with E-state index in [4.69, 9.17) is 27.5 Å². The fraction of sp³-hybridized carbons (Fsp3) is 0.292. The lowest BCUT2D eigenvalue weighted by atomic mass is 10.0. The molecular weight excluding hydrogens is 557 g/mol. The lowest BCUT2D eigenvalue weighted by Crippen LogP contribution is -2.46. The molecule has 0 heterocycles. The molecule has 0 bridgehead atoms. The highest BCUT2D eigenvalue weighted by atomic mass is 127. The molecule has 2 rings (SSSR count). The molecule has 0 radical (unpaired) electrons. The third-order valence-corrected chi connectivity index (χ3v) is 5.43. The number of rotatable bonds is 10. The first-order valence-electron chi connectivity index (χ1n) is 10.1. The molecule has 1 atom stereocenters. The number of hydrogen-bond donors (Lipinski definition) is 2. The van der Waals surface area contributed by atoms with Gasteiger partial charge in [0, 0.05) is 10.6 Å². The van der Waals surface area contributed by atoms with Gasteiger partial charge in [0.2, 0.25) is 0 Å². The lowest BCUT2D eigenvalue weighted by molar-refractivity contribution is -0.123. The van der Waals surface area contributed by atoms with Crippen LogP contribution in [0.5, 0.6) is 11.5 Å². The van der Waals surface area contributed by atoms with E-state index in [1.54, 1.807) is 30.3 Å². The molecule has 0 aliphatic carbocycles. The smallest absolute Gasteiger partial charge is 0.262 e. The van der Waals surface area contributed by atoms with Gasteiger partial charge in [-0.2, -0.15) is 5.10 Å². The number of terminal acetylenes is 1. The molecule has 9 heteroatoms. The molecule has 33 heavy (non-hydrogen) atoms. The largest absolute Gasteiger partial charge is 0.493 e. The molecule has 0 spiro atoms. The first-order valence-corrected chi connectivity index (χ1v) is 11.5. The van der Waals surface area contributed by atoms with Crippen LogP contribution in [0.4, 0.5) is 0 Å². The molecule has 0 aliphatic heterocycles. The van der Waals surface area contributed by atoms with Crippen LogP contribution in [-0.4, -0.2) is 37.8 Å². The Kier molecular flexibility index (Phi) is 10.5. The van der Waals surface area contributed by atoms with Crippen LogP contribution in [0.1, 0.15) is 36.2 Å². The van der Waals surface area contributed by atoms with Gasteiger partial charge in [-0.1, -0.05) is 31.4 Å². The molecule has 0 aromatic heterocycles. The Bertz CT molecular complexity index is 1050. The molecule has 2 aromatic carbocycles. The zero-order chi connectivity index (χ0) is 24.4. The van der Waals surface area contributed by atoms with E-state index in [0.29, 0.717) is 34.1 Å². The van der Waals surface area contributed by atoms with Gasteiger partial charge in [-0.25, -0.2) is 5.43 Å². The molecular formula is C24H25ClIN3O4.